The van der Waals surface area contributed by atoms with Gasteiger partial charge >= 0.3 is 0 Å². The molecule has 2 fully saturated rings. The lowest BCUT2D eigenvalue weighted by Crippen LogP contribution is -2.41. The van der Waals surface area contributed by atoms with E-state index in [1.54, 1.807) is 4.90 Å². The van der Waals surface area contributed by atoms with Gasteiger partial charge in [-0.15, -0.1) is 0 Å². The Hall–Kier alpha value is -1.39. The highest BCUT2D eigenvalue weighted by molar-refractivity contribution is 5.81. The zero-order chi connectivity index (χ0) is 13.2. The molecule has 0 N–H and O–H groups in total. The van der Waals surface area contributed by atoms with Gasteiger partial charge in [-0.2, -0.15) is 0 Å². The van der Waals surface area contributed by atoms with Crippen molar-refractivity contribution in [2.75, 3.05) is 13.2 Å². The van der Waals surface area contributed by atoms with Crippen LogP contribution in [0.15, 0.2) is 30.3 Å². The van der Waals surface area contributed by atoms with Gasteiger partial charge in [0.2, 0.25) is 0 Å². The minimum absolute atomic E-state index is 0.0263. The van der Waals surface area contributed by atoms with Crippen LogP contribution in [0.1, 0.15) is 31.4 Å². The van der Waals surface area contributed by atoms with Crippen molar-refractivity contribution in [1.82, 2.24) is 4.90 Å². The lowest BCUT2D eigenvalue weighted by molar-refractivity contribution is -0.145. The molecule has 3 atom stereocenters. The van der Waals surface area contributed by atoms with Crippen LogP contribution < -0.4 is 0 Å². The number of amides is 1. The van der Waals surface area contributed by atoms with Gasteiger partial charge in [0.1, 0.15) is 18.4 Å². The molecular weight excluding hydrogens is 242 g/mol. The van der Waals surface area contributed by atoms with E-state index in [-0.39, 0.29) is 24.3 Å². The van der Waals surface area contributed by atoms with Gasteiger partial charge in [-0.25, -0.2) is 0 Å². The molecule has 3 rings (SSSR count). The van der Waals surface area contributed by atoms with E-state index in [1.807, 2.05) is 37.3 Å². The normalized spacial score (nSPS) is 30.8. The highest BCUT2D eigenvalue weighted by Gasteiger charge is 2.38. The summed E-state index contributed by atoms with van der Waals surface area (Å²) in [5.74, 6) is 0.0726. The molecule has 102 valence electrons. The monoisotopic (exact) mass is 261 g/mol. The molecule has 1 amide bonds. The maximum Gasteiger partial charge on any atom is 0.253 e. The molecule has 1 aromatic carbocycles. The van der Waals surface area contributed by atoms with Crippen LogP contribution in [0.4, 0.5) is 0 Å². The number of hydrogen-bond donors (Lipinski definition) is 0. The number of nitrogens with zero attached hydrogens (tertiary/aromatic N) is 1. The first kappa shape index (κ1) is 12.6. The zero-order valence-electron chi connectivity index (χ0n) is 11.1. The predicted molar refractivity (Wildman–Crippen MR) is 70.4 cm³/mol. The van der Waals surface area contributed by atoms with Crippen LogP contribution in [0.2, 0.25) is 0 Å². The fraction of sp³-hybridized carbons (Fsp3) is 0.533. The second-order valence-corrected chi connectivity index (χ2v) is 5.13. The van der Waals surface area contributed by atoms with Gasteiger partial charge in [-0.3, -0.25) is 4.79 Å². The van der Waals surface area contributed by atoms with E-state index in [1.165, 1.54) is 0 Å². The Labute approximate surface area is 113 Å². The summed E-state index contributed by atoms with van der Waals surface area (Å²) in [7, 11) is 0. The van der Waals surface area contributed by atoms with Crippen molar-refractivity contribution in [2.45, 2.75) is 38.2 Å². The van der Waals surface area contributed by atoms with Crippen molar-refractivity contribution in [1.29, 1.82) is 0 Å². The van der Waals surface area contributed by atoms with E-state index in [9.17, 15) is 4.79 Å². The van der Waals surface area contributed by atoms with E-state index in [2.05, 4.69) is 0 Å². The fourth-order valence-electron chi connectivity index (χ4n) is 2.76. The first-order valence-electron chi connectivity index (χ1n) is 6.88. The molecule has 2 aliphatic heterocycles. The summed E-state index contributed by atoms with van der Waals surface area (Å²) in [6, 6.07) is 10.0. The Kier molecular flexibility index (Phi) is 3.53. The molecular formula is C15H19NO3. The molecule has 0 aliphatic carbocycles. The van der Waals surface area contributed by atoms with Crippen LogP contribution in [-0.2, 0) is 14.3 Å². The largest absolute Gasteiger partial charge is 0.368 e. The highest BCUT2D eigenvalue weighted by Crippen LogP contribution is 2.30. The molecule has 4 nitrogen and oxygen atoms in total. The van der Waals surface area contributed by atoms with Crippen molar-refractivity contribution in [3.05, 3.63) is 35.9 Å². The van der Waals surface area contributed by atoms with E-state index >= 15 is 0 Å². The van der Waals surface area contributed by atoms with Crippen LogP contribution in [0.5, 0.6) is 0 Å². The Balaban J connectivity index is 1.69. The molecule has 2 heterocycles. The molecule has 0 aromatic heterocycles. The first-order chi connectivity index (χ1) is 9.25. The number of ether oxygens (including phenoxy) is 2. The van der Waals surface area contributed by atoms with Crippen molar-refractivity contribution in [2.24, 2.45) is 0 Å². The summed E-state index contributed by atoms with van der Waals surface area (Å²) in [6.45, 7) is 3.24. The van der Waals surface area contributed by atoms with Gasteiger partial charge in [0.05, 0.1) is 6.54 Å². The SMILES string of the molecule is CC1OC(c2ccccc2)CN1C(=O)C1CCCO1. The van der Waals surface area contributed by atoms with Gasteiger partial charge < -0.3 is 14.4 Å². The number of benzene rings is 1. The molecule has 0 saturated carbocycles. The standard InChI is InChI=1S/C15H19NO3/c1-11-16(15(17)13-8-5-9-18-13)10-14(19-11)12-6-3-2-4-7-12/h2-4,6-7,11,13-14H,5,8-10H2,1H3. The maximum atomic E-state index is 12.4. The average molecular weight is 261 g/mol. The van der Waals surface area contributed by atoms with Crippen LogP contribution in [0.3, 0.4) is 0 Å². The lowest BCUT2D eigenvalue weighted by Gasteiger charge is -2.22. The summed E-state index contributed by atoms with van der Waals surface area (Å²) in [5, 5.41) is 0. The first-order valence-corrected chi connectivity index (χ1v) is 6.88. The molecule has 1 aromatic rings. The van der Waals surface area contributed by atoms with E-state index in [4.69, 9.17) is 9.47 Å². The van der Waals surface area contributed by atoms with E-state index < -0.39 is 0 Å². The molecule has 4 heteroatoms. The van der Waals surface area contributed by atoms with Crippen LogP contribution in [0.25, 0.3) is 0 Å². The quantitative estimate of drug-likeness (QED) is 0.818. The fourth-order valence-corrected chi connectivity index (χ4v) is 2.76. The average Bonchev–Trinajstić information content (AvgIpc) is 3.08. The van der Waals surface area contributed by atoms with E-state index in [0.717, 1.165) is 18.4 Å². The van der Waals surface area contributed by atoms with Crippen LogP contribution in [-0.4, -0.2) is 36.3 Å². The predicted octanol–water partition coefficient (Wildman–Crippen LogP) is 2.11. The zero-order valence-corrected chi connectivity index (χ0v) is 11.1. The van der Waals surface area contributed by atoms with Crippen molar-refractivity contribution >= 4 is 5.91 Å². The third-order valence-electron chi connectivity index (χ3n) is 3.82. The third-order valence-corrected chi connectivity index (χ3v) is 3.82. The molecule has 0 radical (unpaired) electrons. The molecule has 2 saturated heterocycles. The summed E-state index contributed by atoms with van der Waals surface area (Å²) in [4.78, 5) is 14.2. The summed E-state index contributed by atoms with van der Waals surface area (Å²) in [6.07, 6.45) is 1.34. The number of rotatable bonds is 2. The molecule has 0 spiro atoms. The molecule has 2 aliphatic rings. The van der Waals surface area contributed by atoms with Crippen LogP contribution >= 0.6 is 0 Å². The number of carbonyl (C=O) groups excluding carboxylic acids is 1. The Morgan fingerprint density at radius 3 is 2.79 bits per heavy atom. The van der Waals surface area contributed by atoms with Gasteiger partial charge in [0, 0.05) is 6.61 Å². The highest BCUT2D eigenvalue weighted by atomic mass is 16.5. The summed E-state index contributed by atoms with van der Waals surface area (Å²) < 4.78 is 11.4. The van der Waals surface area contributed by atoms with Gasteiger partial charge in [0.15, 0.2) is 0 Å². The Morgan fingerprint density at radius 2 is 2.11 bits per heavy atom. The summed E-state index contributed by atoms with van der Waals surface area (Å²) >= 11 is 0. The molecule has 0 bridgehead atoms. The van der Waals surface area contributed by atoms with Crippen molar-refractivity contribution in [3.63, 3.8) is 0 Å². The Bertz CT molecular complexity index is 442. The second kappa shape index (κ2) is 5.31. The smallest absolute Gasteiger partial charge is 0.253 e. The van der Waals surface area contributed by atoms with E-state index in [0.29, 0.717) is 13.2 Å². The van der Waals surface area contributed by atoms with Gasteiger partial charge in [-0.05, 0) is 25.3 Å². The minimum Gasteiger partial charge on any atom is -0.368 e. The van der Waals surface area contributed by atoms with Gasteiger partial charge in [-0.1, -0.05) is 30.3 Å². The molecule has 3 unspecified atom stereocenters. The second-order valence-electron chi connectivity index (χ2n) is 5.13. The van der Waals surface area contributed by atoms with Crippen molar-refractivity contribution in [3.8, 4) is 0 Å². The number of hydrogen-bond acceptors (Lipinski definition) is 3. The molecule has 19 heavy (non-hydrogen) atoms. The topological polar surface area (TPSA) is 38.8 Å². The van der Waals surface area contributed by atoms with Crippen LogP contribution in [0, 0.1) is 0 Å². The summed E-state index contributed by atoms with van der Waals surface area (Å²) in [5.41, 5.74) is 1.12. The number of carbonyl (C=O) groups is 1. The van der Waals surface area contributed by atoms with Gasteiger partial charge in [0.25, 0.3) is 5.91 Å². The minimum atomic E-state index is -0.263. The third kappa shape index (κ3) is 2.51. The lowest BCUT2D eigenvalue weighted by atomic mass is 10.1. The maximum absolute atomic E-state index is 12.4. The Morgan fingerprint density at radius 1 is 1.32 bits per heavy atom. The van der Waals surface area contributed by atoms with Crippen molar-refractivity contribution < 1.29 is 14.3 Å².